The van der Waals surface area contributed by atoms with E-state index in [1.54, 1.807) is 42.5 Å². The number of nitrogens with one attached hydrogen (secondary N) is 1. The minimum absolute atomic E-state index is 0.159. The van der Waals surface area contributed by atoms with E-state index in [9.17, 15) is 14.7 Å². The number of carbonyl (C=O) groups is 2. The number of hydrogen-bond donors (Lipinski definition) is 2. The lowest BCUT2D eigenvalue weighted by Gasteiger charge is -2.23. The summed E-state index contributed by atoms with van der Waals surface area (Å²) in [7, 11) is 0. The fourth-order valence-electron chi connectivity index (χ4n) is 2.78. The molecule has 0 aliphatic carbocycles. The molecule has 1 amide bonds. The Morgan fingerprint density at radius 3 is 2.28 bits per heavy atom. The van der Waals surface area contributed by atoms with E-state index in [4.69, 9.17) is 9.47 Å². The Hall–Kier alpha value is -2.70. The summed E-state index contributed by atoms with van der Waals surface area (Å²) >= 11 is 0. The lowest BCUT2D eigenvalue weighted by molar-refractivity contribution is -0.0855. The van der Waals surface area contributed by atoms with Crippen LogP contribution < -0.4 is 5.32 Å². The number of carbonyl (C=O) groups excluding carboxylic acids is 1. The topological polar surface area (TPSA) is 84.9 Å². The maximum Gasteiger partial charge on any atom is 0.336 e. The van der Waals surface area contributed by atoms with E-state index in [0.29, 0.717) is 43.1 Å². The van der Waals surface area contributed by atoms with Gasteiger partial charge >= 0.3 is 5.97 Å². The monoisotopic (exact) mass is 341 g/mol. The quantitative estimate of drug-likeness (QED) is 0.871. The Labute approximate surface area is 145 Å². The first-order valence-corrected chi connectivity index (χ1v) is 8.06. The van der Waals surface area contributed by atoms with Crippen molar-refractivity contribution < 1.29 is 24.2 Å². The van der Waals surface area contributed by atoms with Gasteiger partial charge in [-0.2, -0.15) is 0 Å². The lowest BCUT2D eigenvalue weighted by atomic mass is 9.95. The summed E-state index contributed by atoms with van der Waals surface area (Å²) in [6.07, 6.45) is -0.170. The Kier molecular flexibility index (Phi) is 5.42. The molecular formula is C19H19NO5. The van der Waals surface area contributed by atoms with Crippen molar-refractivity contribution in [2.45, 2.75) is 6.10 Å². The van der Waals surface area contributed by atoms with Crippen LogP contribution >= 0.6 is 0 Å². The number of rotatable bonds is 5. The van der Waals surface area contributed by atoms with E-state index in [2.05, 4.69) is 5.32 Å². The number of hydrogen-bond acceptors (Lipinski definition) is 4. The number of carboxylic acids is 1. The number of aromatic carboxylic acids is 1. The second kappa shape index (κ2) is 7.92. The van der Waals surface area contributed by atoms with E-state index in [0.717, 1.165) is 0 Å². The van der Waals surface area contributed by atoms with Gasteiger partial charge in [-0.05, 0) is 23.3 Å². The summed E-state index contributed by atoms with van der Waals surface area (Å²) in [5.74, 6) is -1.30. The van der Waals surface area contributed by atoms with Crippen molar-refractivity contribution in [3.63, 3.8) is 0 Å². The first kappa shape index (κ1) is 17.1. The fraction of sp³-hybridized carbons (Fsp3) is 0.263. The minimum Gasteiger partial charge on any atom is -0.478 e. The molecule has 1 saturated heterocycles. The van der Waals surface area contributed by atoms with Crippen molar-refractivity contribution in [1.82, 2.24) is 5.32 Å². The Morgan fingerprint density at radius 1 is 1.00 bits per heavy atom. The van der Waals surface area contributed by atoms with Crippen LogP contribution in [0.4, 0.5) is 0 Å². The second-order valence-electron chi connectivity index (χ2n) is 5.67. The van der Waals surface area contributed by atoms with Gasteiger partial charge in [0.2, 0.25) is 0 Å². The third kappa shape index (κ3) is 4.04. The summed E-state index contributed by atoms with van der Waals surface area (Å²) in [6, 6.07) is 13.6. The summed E-state index contributed by atoms with van der Waals surface area (Å²) in [5.41, 5.74) is 1.68. The molecule has 1 fully saturated rings. The maximum atomic E-state index is 12.6. The Morgan fingerprint density at radius 2 is 1.64 bits per heavy atom. The highest BCUT2D eigenvalue weighted by Gasteiger charge is 2.19. The highest BCUT2D eigenvalue weighted by Crippen LogP contribution is 2.27. The van der Waals surface area contributed by atoms with Gasteiger partial charge < -0.3 is 19.9 Å². The largest absolute Gasteiger partial charge is 0.478 e. The molecule has 2 aromatic carbocycles. The third-order valence-corrected chi connectivity index (χ3v) is 3.99. The van der Waals surface area contributed by atoms with Crippen molar-refractivity contribution >= 4 is 11.9 Å². The van der Waals surface area contributed by atoms with E-state index in [-0.39, 0.29) is 17.6 Å². The normalized spacial score (nSPS) is 17.0. The Bertz CT molecular complexity index is 768. The molecule has 130 valence electrons. The van der Waals surface area contributed by atoms with E-state index < -0.39 is 5.97 Å². The molecule has 1 heterocycles. The van der Waals surface area contributed by atoms with Crippen LogP contribution in [-0.2, 0) is 9.47 Å². The lowest BCUT2D eigenvalue weighted by Crippen LogP contribution is -2.39. The van der Waals surface area contributed by atoms with Crippen LogP contribution in [0.5, 0.6) is 0 Å². The summed E-state index contributed by atoms with van der Waals surface area (Å²) in [6.45, 7) is 1.87. The average molecular weight is 341 g/mol. The predicted octanol–water partition coefficient (Wildman–Crippen LogP) is 2.20. The molecule has 0 unspecified atom stereocenters. The van der Waals surface area contributed by atoms with Gasteiger partial charge in [0, 0.05) is 12.1 Å². The zero-order valence-electron chi connectivity index (χ0n) is 13.6. The van der Waals surface area contributed by atoms with E-state index in [1.165, 1.54) is 6.07 Å². The van der Waals surface area contributed by atoms with Crippen molar-refractivity contribution in [3.8, 4) is 11.1 Å². The number of carboxylic acid groups (broad SMARTS) is 1. The van der Waals surface area contributed by atoms with Crippen LogP contribution in [0.25, 0.3) is 11.1 Å². The summed E-state index contributed by atoms with van der Waals surface area (Å²) in [5, 5.41) is 12.2. The maximum absolute atomic E-state index is 12.6. The molecule has 0 spiro atoms. The second-order valence-corrected chi connectivity index (χ2v) is 5.67. The van der Waals surface area contributed by atoms with Crippen molar-refractivity contribution in [2.24, 2.45) is 0 Å². The van der Waals surface area contributed by atoms with Gasteiger partial charge in [-0.1, -0.05) is 36.4 Å². The van der Waals surface area contributed by atoms with Crippen LogP contribution in [0.15, 0.2) is 48.5 Å². The zero-order valence-corrected chi connectivity index (χ0v) is 13.6. The highest BCUT2D eigenvalue weighted by atomic mass is 16.6. The number of amides is 1. The third-order valence-electron chi connectivity index (χ3n) is 3.99. The van der Waals surface area contributed by atoms with Gasteiger partial charge in [0.1, 0.15) is 0 Å². The van der Waals surface area contributed by atoms with E-state index in [1.807, 2.05) is 0 Å². The van der Waals surface area contributed by atoms with Crippen LogP contribution in [0.2, 0.25) is 0 Å². The number of benzene rings is 2. The van der Waals surface area contributed by atoms with Crippen LogP contribution in [0.1, 0.15) is 20.7 Å². The molecule has 6 heteroatoms. The molecule has 2 N–H and O–H groups in total. The molecule has 1 aliphatic heterocycles. The van der Waals surface area contributed by atoms with Crippen LogP contribution in [-0.4, -0.2) is 49.5 Å². The van der Waals surface area contributed by atoms with Crippen molar-refractivity contribution in [2.75, 3.05) is 26.4 Å². The van der Waals surface area contributed by atoms with Gasteiger partial charge in [0.25, 0.3) is 5.91 Å². The van der Waals surface area contributed by atoms with Gasteiger partial charge in [-0.25, -0.2) is 4.79 Å². The van der Waals surface area contributed by atoms with Gasteiger partial charge in [0.05, 0.1) is 31.5 Å². The van der Waals surface area contributed by atoms with Gasteiger partial charge in [-0.15, -0.1) is 0 Å². The molecule has 25 heavy (non-hydrogen) atoms. The van der Waals surface area contributed by atoms with Crippen molar-refractivity contribution in [1.29, 1.82) is 0 Å². The minimum atomic E-state index is -1.03. The molecule has 0 bridgehead atoms. The summed E-state index contributed by atoms with van der Waals surface area (Å²) in [4.78, 5) is 24.1. The molecule has 2 aromatic rings. The standard InChI is InChI=1S/C19H19NO5/c21-18(20-11-13-12-24-9-10-25-13)16-7-3-1-5-14(16)15-6-2-4-8-17(15)19(22)23/h1-8,13H,9-12H2,(H,20,21)(H,22,23)/t13-/m0/s1. The smallest absolute Gasteiger partial charge is 0.336 e. The van der Waals surface area contributed by atoms with Crippen LogP contribution in [0, 0.1) is 0 Å². The SMILES string of the molecule is O=C(O)c1ccccc1-c1ccccc1C(=O)NC[C@H]1COCCO1. The molecule has 3 rings (SSSR count). The van der Waals surface area contributed by atoms with Gasteiger partial charge in [0.15, 0.2) is 0 Å². The average Bonchev–Trinajstić information content (AvgIpc) is 2.67. The molecule has 0 radical (unpaired) electrons. The molecular weight excluding hydrogens is 322 g/mol. The molecule has 1 atom stereocenters. The first-order valence-electron chi connectivity index (χ1n) is 8.06. The first-order chi connectivity index (χ1) is 12.2. The Balaban J connectivity index is 1.83. The molecule has 0 aromatic heterocycles. The zero-order chi connectivity index (χ0) is 17.6. The highest BCUT2D eigenvalue weighted by molar-refractivity contribution is 6.04. The summed E-state index contributed by atoms with van der Waals surface area (Å²) < 4.78 is 10.8. The molecule has 0 saturated carbocycles. The van der Waals surface area contributed by atoms with Gasteiger partial charge in [-0.3, -0.25) is 4.79 Å². The fourth-order valence-corrected chi connectivity index (χ4v) is 2.78. The predicted molar refractivity (Wildman–Crippen MR) is 91.7 cm³/mol. The van der Waals surface area contributed by atoms with Crippen molar-refractivity contribution in [3.05, 3.63) is 59.7 Å². The molecule has 6 nitrogen and oxygen atoms in total. The van der Waals surface area contributed by atoms with E-state index >= 15 is 0 Å². The number of ether oxygens (including phenoxy) is 2. The van der Waals surface area contributed by atoms with Crippen LogP contribution in [0.3, 0.4) is 0 Å². The molecule has 1 aliphatic rings.